The molecule has 10 nitrogen and oxygen atoms in total. The number of amides is 3. The Balaban J connectivity index is 1.26. The van der Waals surface area contributed by atoms with Crippen molar-refractivity contribution in [1.82, 2.24) is 25.1 Å². The fourth-order valence-corrected chi connectivity index (χ4v) is 5.46. The van der Waals surface area contributed by atoms with Crippen molar-refractivity contribution in [2.24, 2.45) is 0 Å². The van der Waals surface area contributed by atoms with E-state index in [1.807, 2.05) is 0 Å². The molecule has 0 unspecified atom stereocenters. The average Bonchev–Trinajstić information content (AvgIpc) is 2.80. The quantitative estimate of drug-likeness (QED) is 0.433. The Morgan fingerprint density at radius 3 is 2.57 bits per heavy atom. The molecule has 184 valence electrons. The van der Waals surface area contributed by atoms with Crippen LogP contribution < -0.4 is 11.1 Å². The molecule has 0 radical (unpaired) electrons. The summed E-state index contributed by atoms with van der Waals surface area (Å²) in [6, 6.07) is 9.07. The van der Waals surface area contributed by atoms with Gasteiger partial charge in [-0.25, -0.2) is 19.2 Å². The number of fused-ring (bicyclic) bond motifs is 1. The number of carbonyl (C=O) groups excluding carboxylic acids is 2. The first kappa shape index (κ1) is 23.3. The summed E-state index contributed by atoms with van der Waals surface area (Å²) in [4.78, 5) is 37.4. The molecule has 2 aliphatic rings. The topological polar surface area (TPSA) is 145 Å². The molecule has 12 heteroatoms. The molecule has 0 aliphatic carbocycles. The van der Waals surface area contributed by atoms with Crippen molar-refractivity contribution >= 4 is 39.2 Å². The van der Waals surface area contributed by atoms with Crippen molar-refractivity contribution in [3.8, 4) is 11.3 Å². The third-order valence-corrected chi connectivity index (χ3v) is 7.93. The fourth-order valence-electron chi connectivity index (χ4n) is 4.23. The van der Waals surface area contributed by atoms with Crippen LogP contribution in [0.15, 0.2) is 42.6 Å². The van der Waals surface area contributed by atoms with E-state index >= 15 is 0 Å². The number of urea groups is 1. The summed E-state index contributed by atoms with van der Waals surface area (Å²) in [6.07, 6.45) is 1.39. The first-order valence-corrected chi connectivity index (χ1v) is 13.0. The number of nitrogens with one attached hydrogen (secondary N) is 1. The van der Waals surface area contributed by atoms with Gasteiger partial charge in [-0.3, -0.25) is 13.9 Å². The molecule has 1 aromatic carbocycles. The number of benzene rings is 1. The molecule has 3 aromatic rings. The maximum Gasteiger partial charge on any atom is 0.320 e. The van der Waals surface area contributed by atoms with Crippen molar-refractivity contribution in [3.05, 3.63) is 54.0 Å². The normalized spacial score (nSPS) is 18.7. The zero-order chi connectivity index (χ0) is 24.7. The van der Waals surface area contributed by atoms with E-state index in [9.17, 15) is 23.1 Å². The molecular formula is C23H25FN6O4S. The van der Waals surface area contributed by atoms with Crippen molar-refractivity contribution in [2.45, 2.75) is 6.04 Å². The fraction of sp³-hybridized carbons (Fsp3) is 0.304. The molecule has 2 aliphatic heterocycles. The number of nitrogen functional groups attached to an aromatic ring is 1. The molecule has 2 saturated heterocycles. The van der Waals surface area contributed by atoms with Gasteiger partial charge in [0.15, 0.2) is 0 Å². The molecule has 0 atom stereocenters. The molecule has 0 spiro atoms. The van der Waals surface area contributed by atoms with Crippen molar-refractivity contribution < 1.29 is 23.1 Å². The van der Waals surface area contributed by atoms with E-state index in [2.05, 4.69) is 15.3 Å². The predicted molar refractivity (Wildman–Crippen MR) is 132 cm³/mol. The first-order chi connectivity index (χ1) is 16.7. The van der Waals surface area contributed by atoms with Crippen LogP contribution in [0, 0.1) is 5.82 Å². The number of hydrogen-bond donors (Lipinski definition) is 4. The van der Waals surface area contributed by atoms with Gasteiger partial charge in [-0.05, 0) is 24.3 Å². The summed E-state index contributed by atoms with van der Waals surface area (Å²) in [6.45, 7) is 1.34. The Morgan fingerprint density at radius 2 is 1.86 bits per heavy atom. The highest BCUT2D eigenvalue weighted by atomic mass is 32.3. The van der Waals surface area contributed by atoms with Gasteiger partial charge in [0, 0.05) is 43.3 Å². The molecule has 2 fully saturated rings. The SMILES string of the molecule is Nc1ncc(C(=O)NC2CN(C(=O)N3CCS(O)(O)CC3)C2)c2ccc(-c3cccc(F)c3)nc12. The third-order valence-electron chi connectivity index (χ3n) is 6.26. The number of halogens is 1. The van der Waals surface area contributed by atoms with Gasteiger partial charge < -0.3 is 20.9 Å². The van der Waals surface area contributed by atoms with Crippen LogP contribution in [0.2, 0.25) is 0 Å². The summed E-state index contributed by atoms with van der Waals surface area (Å²) >= 11 is 0. The highest BCUT2D eigenvalue weighted by molar-refractivity contribution is 8.24. The van der Waals surface area contributed by atoms with Crippen LogP contribution >= 0.6 is 10.6 Å². The van der Waals surface area contributed by atoms with E-state index in [4.69, 9.17) is 5.73 Å². The monoisotopic (exact) mass is 500 g/mol. The number of anilines is 1. The van der Waals surface area contributed by atoms with Gasteiger partial charge in [-0.2, -0.15) is 10.6 Å². The molecule has 0 bridgehead atoms. The predicted octanol–water partition coefficient (Wildman–Crippen LogP) is 2.62. The van der Waals surface area contributed by atoms with Crippen molar-refractivity contribution in [3.63, 3.8) is 0 Å². The van der Waals surface area contributed by atoms with E-state index in [0.29, 0.717) is 53.9 Å². The molecule has 5 rings (SSSR count). The lowest BCUT2D eigenvalue weighted by atomic mass is 10.1. The minimum absolute atomic E-state index is 0.161. The second kappa shape index (κ2) is 8.95. The summed E-state index contributed by atoms with van der Waals surface area (Å²) in [5.41, 5.74) is 7.77. The molecule has 2 aromatic heterocycles. The standard InChI is InChI=1S/C23H25FN6O4S/c24-15-3-1-2-14(10-15)19-5-4-17-18(11-26-21(25)20(17)28-19)22(31)27-16-12-30(13-16)23(32)29-6-8-35(33,34)9-7-29/h1-5,10-11,16,33-34H,6-9,12-13H2,(H2,25,26)(H,27,31). The Kier molecular flexibility index (Phi) is 5.95. The number of hydrogen-bond acceptors (Lipinski definition) is 7. The lowest BCUT2D eigenvalue weighted by molar-refractivity contribution is 0.0805. The van der Waals surface area contributed by atoms with E-state index in [1.165, 1.54) is 18.3 Å². The Hall–Kier alpha value is -3.48. The number of nitrogens with zero attached hydrogens (tertiary/aromatic N) is 4. The Labute approximate surface area is 202 Å². The van der Waals surface area contributed by atoms with E-state index in [-0.39, 0.29) is 41.1 Å². The number of carbonyl (C=O) groups is 2. The van der Waals surface area contributed by atoms with Crippen LogP contribution in [-0.2, 0) is 0 Å². The van der Waals surface area contributed by atoms with Crippen molar-refractivity contribution in [1.29, 1.82) is 0 Å². The van der Waals surface area contributed by atoms with Gasteiger partial charge in [-0.1, -0.05) is 12.1 Å². The molecule has 0 saturated carbocycles. The number of pyridine rings is 2. The smallest absolute Gasteiger partial charge is 0.320 e. The molecule has 35 heavy (non-hydrogen) atoms. The maximum absolute atomic E-state index is 13.6. The van der Waals surface area contributed by atoms with E-state index in [1.54, 1.807) is 34.1 Å². The second-order valence-corrected chi connectivity index (χ2v) is 11.1. The molecule has 4 heterocycles. The summed E-state index contributed by atoms with van der Waals surface area (Å²) in [5.74, 6) is -0.189. The lowest BCUT2D eigenvalue weighted by Crippen LogP contribution is -2.64. The Morgan fingerprint density at radius 1 is 1.11 bits per heavy atom. The van der Waals surface area contributed by atoms with Gasteiger partial charge >= 0.3 is 6.03 Å². The van der Waals surface area contributed by atoms with Gasteiger partial charge in [-0.15, -0.1) is 0 Å². The van der Waals surface area contributed by atoms with E-state index < -0.39 is 10.6 Å². The molecule has 3 amide bonds. The number of likely N-dealkylation sites (tertiary alicyclic amines) is 1. The van der Waals surface area contributed by atoms with Crippen LogP contribution in [0.25, 0.3) is 22.2 Å². The highest BCUT2D eigenvalue weighted by Gasteiger charge is 2.36. The highest BCUT2D eigenvalue weighted by Crippen LogP contribution is 2.40. The third kappa shape index (κ3) is 4.72. The van der Waals surface area contributed by atoms with Gasteiger partial charge in [0.25, 0.3) is 5.91 Å². The summed E-state index contributed by atoms with van der Waals surface area (Å²) in [7, 11) is -2.57. The van der Waals surface area contributed by atoms with Crippen LogP contribution in [-0.4, -0.2) is 84.5 Å². The number of rotatable bonds is 3. The maximum atomic E-state index is 13.6. The van der Waals surface area contributed by atoms with Crippen LogP contribution in [0.5, 0.6) is 0 Å². The zero-order valence-corrected chi connectivity index (χ0v) is 19.5. The molecule has 5 N–H and O–H groups in total. The average molecular weight is 501 g/mol. The van der Waals surface area contributed by atoms with Crippen LogP contribution in [0.3, 0.4) is 0 Å². The summed E-state index contributed by atoms with van der Waals surface area (Å²) in [5, 5.41) is 3.44. The lowest BCUT2D eigenvalue weighted by Gasteiger charge is -2.46. The Bertz CT molecular complexity index is 1310. The van der Waals surface area contributed by atoms with Crippen LogP contribution in [0.4, 0.5) is 15.0 Å². The van der Waals surface area contributed by atoms with E-state index in [0.717, 1.165) is 0 Å². The van der Waals surface area contributed by atoms with Crippen molar-refractivity contribution in [2.75, 3.05) is 43.4 Å². The van der Waals surface area contributed by atoms with Gasteiger partial charge in [0.05, 0.1) is 28.8 Å². The minimum Gasteiger partial charge on any atom is -0.382 e. The van der Waals surface area contributed by atoms with Crippen LogP contribution in [0.1, 0.15) is 10.4 Å². The zero-order valence-electron chi connectivity index (χ0n) is 18.7. The number of nitrogens with two attached hydrogens (primary N) is 1. The minimum atomic E-state index is -2.57. The van der Waals surface area contributed by atoms with Gasteiger partial charge in [0.1, 0.15) is 17.2 Å². The summed E-state index contributed by atoms with van der Waals surface area (Å²) < 4.78 is 33.1. The number of aromatic nitrogens is 2. The first-order valence-electron chi connectivity index (χ1n) is 11.1. The van der Waals surface area contributed by atoms with Gasteiger partial charge in [0.2, 0.25) is 0 Å². The molecular weight excluding hydrogens is 475 g/mol. The largest absolute Gasteiger partial charge is 0.382 e. The second-order valence-electron chi connectivity index (χ2n) is 8.72.